The standard InChI is InChI=1S/C27H26N6O3/c1-3-32(22-16-10-11-19(2)17-22)26-24(33(35)36)25(28-18-29-26)30-31-27(34)23(20-12-6-4-7-13-20)21-14-8-5-9-15-21/h4-18,23H,3H2,1-2H3,(H,31,34)(H,28,29,30). The van der Waals surface area contributed by atoms with E-state index < -0.39 is 10.8 Å². The Labute approximate surface area is 209 Å². The molecule has 0 fully saturated rings. The number of carbonyl (C=O) groups is 1. The Kier molecular flexibility index (Phi) is 7.50. The van der Waals surface area contributed by atoms with E-state index in [0.717, 1.165) is 22.4 Å². The van der Waals surface area contributed by atoms with Gasteiger partial charge in [0.25, 0.3) is 0 Å². The highest BCUT2D eigenvalue weighted by atomic mass is 16.6. The van der Waals surface area contributed by atoms with Gasteiger partial charge in [-0.05, 0) is 42.7 Å². The summed E-state index contributed by atoms with van der Waals surface area (Å²) in [6.07, 6.45) is 1.24. The van der Waals surface area contributed by atoms with Crippen LogP contribution >= 0.6 is 0 Å². The number of aryl methyl sites for hydroxylation is 1. The Balaban J connectivity index is 1.65. The summed E-state index contributed by atoms with van der Waals surface area (Å²) in [6, 6.07) is 26.3. The van der Waals surface area contributed by atoms with Crippen molar-refractivity contribution in [3.63, 3.8) is 0 Å². The van der Waals surface area contributed by atoms with Crippen LogP contribution in [0.2, 0.25) is 0 Å². The summed E-state index contributed by atoms with van der Waals surface area (Å²) in [5.41, 5.74) is 8.32. The van der Waals surface area contributed by atoms with Crippen molar-refractivity contribution in [3.8, 4) is 0 Å². The van der Waals surface area contributed by atoms with Gasteiger partial charge >= 0.3 is 5.69 Å². The summed E-state index contributed by atoms with van der Waals surface area (Å²) >= 11 is 0. The highest BCUT2D eigenvalue weighted by Gasteiger charge is 2.29. The van der Waals surface area contributed by atoms with E-state index in [1.807, 2.05) is 98.8 Å². The van der Waals surface area contributed by atoms with Gasteiger partial charge in [0.05, 0.1) is 10.8 Å². The first-order chi connectivity index (χ1) is 17.5. The van der Waals surface area contributed by atoms with E-state index >= 15 is 0 Å². The predicted octanol–water partition coefficient (Wildman–Crippen LogP) is 5.13. The Hall–Kier alpha value is -4.79. The van der Waals surface area contributed by atoms with Crippen LogP contribution in [0.1, 0.15) is 29.5 Å². The molecule has 0 unspecified atom stereocenters. The van der Waals surface area contributed by atoms with Crippen molar-refractivity contribution in [1.82, 2.24) is 15.4 Å². The molecule has 0 aliphatic heterocycles. The summed E-state index contributed by atoms with van der Waals surface area (Å²) in [7, 11) is 0. The lowest BCUT2D eigenvalue weighted by molar-refractivity contribution is -0.383. The van der Waals surface area contributed by atoms with Gasteiger partial charge in [-0.25, -0.2) is 9.97 Å². The van der Waals surface area contributed by atoms with Crippen LogP contribution in [0.25, 0.3) is 0 Å². The quantitative estimate of drug-likeness (QED) is 0.251. The van der Waals surface area contributed by atoms with Crippen molar-refractivity contribution < 1.29 is 9.72 Å². The third kappa shape index (κ3) is 5.30. The molecule has 0 aliphatic rings. The minimum atomic E-state index is -0.625. The number of anilines is 3. The van der Waals surface area contributed by atoms with Crippen LogP contribution in [0.3, 0.4) is 0 Å². The number of nitrogens with one attached hydrogen (secondary N) is 2. The van der Waals surface area contributed by atoms with Crippen LogP contribution in [0.15, 0.2) is 91.3 Å². The monoisotopic (exact) mass is 482 g/mol. The number of hydrazine groups is 1. The van der Waals surface area contributed by atoms with Gasteiger partial charge in [0, 0.05) is 12.2 Å². The lowest BCUT2D eigenvalue weighted by atomic mass is 9.91. The normalized spacial score (nSPS) is 10.6. The van der Waals surface area contributed by atoms with Crippen molar-refractivity contribution in [2.45, 2.75) is 19.8 Å². The van der Waals surface area contributed by atoms with Gasteiger partial charge < -0.3 is 4.90 Å². The minimum absolute atomic E-state index is 0.107. The molecule has 1 aromatic heterocycles. The molecule has 0 atom stereocenters. The van der Waals surface area contributed by atoms with Gasteiger partial charge in [-0.3, -0.25) is 25.8 Å². The molecule has 3 aromatic carbocycles. The number of nitro groups is 1. The molecule has 1 amide bonds. The van der Waals surface area contributed by atoms with Crippen LogP contribution in [-0.4, -0.2) is 27.3 Å². The van der Waals surface area contributed by atoms with Crippen molar-refractivity contribution >= 4 is 28.9 Å². The van der Waals surface area contributed by atoms with Gasteiger partial charge in [0.15, 0.2) is 0 Å². The molecular formula is C27H26N6O3. The highest BCUT2D eigenvalue weighted by molar-refractivity contribution is 5.88. The average molecular weight is 483 g/mol. The fraction of sp³-hybridized carbons (Fsp3) is 0.148. The number of carbonyl (C=O) groups excluding carboxylic acids is 1. The summed E-state index contributed by atoms with van der Waals surface area (Å²) in [5, 5.41) is 12.1. The van der Waals surface area contributed by atoms with Gasteiger partial charge in [0.2, 0.25) is 17.5 Å². The number of hydrogen-bond acceptors (Lipinski definition) is 7. The average Bonchev–Trinajstić information content (AvgIpc) is 2.89. The van der Waals surface area contributed by atoms with E-state index in [0.29, 0.717) is 6.54 Å². The second-order valence-electron chi connectivity index (χ2n) is 8.10. The lowest BCUT2D eigenvalue weighted by Crippen LogP contribution is -2.35. The topological polar surface area (TPSA) is 113 Å². The van der Waals surface area contributed by atoms with E-state index in [9.17, 15) is 14.9 Å². The van der Waals surface area contributed by atoms with Crippen LogP contribution in [0.5, 0.6) is 0 Å². The molecule has 9 heteroatoms. The largest absolute Gasteiger partial charge is 0.355 e. The predicted molar refractivity (Wildman–Crippen MR) is 139 cm³/mol. The molecule has 1 heterocycles. The number of nitrogens with zero attached hydrogens (tertiary/aromatic N) is 4. The zero-order valence-electron chi connectivity index (χ0n) is 20.0. The zero-order valence-corrected chi connectivity index (χ0v) is 20.0. The van der Waals surface area contributed by atoms with E-state index in [-0.39, 0.29) is 23.2 Å². The molecule has 4 aromatic rings. The Morgan fingerprint density at radius 1 is 0.972 bits per heavy atom. The zero-order chi connectivity index (χ0) is 25.5. The van der Waals surface area contributed by atoms with Gasteiger partial charge in [-0.2, -0.15) is 0 Å². The Bertz CT molecular complexity index is 1310. The van der Waals surface area contributed by atoms with Crippen molar-refractivity contribution in [2.75, 3.05) is 16.9 Å². The maximum Gasteiger partial charge on any atom is 0.355 e. The number of hydrogen-bond donors (Lipinski definition) is 2. The fourth-order valence-corrected chi connectivity index (χ4v) is 4.06. The van der Waals surface area contributed by atoms with Crippen molar-refractivity contribution in [1.29, 1.82) is 0 Å². The molecule has 0 radical (unpaired) electrons. The first-order valence-corrected chi connectivity index (χ1v) is 11.5. The van der Waals surface area contributed by atoms with Crippen LogP contribution in [-0.2, 0) is 4.79 Å². The SMILES string of the molecule is CCN(c1cccc(C)c1)c1ncnc(NNC(=O)C(c2ccccc2)c2ccccc2)c1[N+](=O)[O-]. The van der Waals surface area contributed by atoms with Crippen LogP contribution in [0.4, 0.5) is 23.0 Å². The molecule has 0 aliphatic carbocycles. The summed E-state index contributed by atoms with van der Waals surface area (Å²) in [6.45, 7) is 4.27. The number of amides is 1. The number of aromatic nitrogens is 2. The smallest absolute Gasteiger partial charge is 0.321 e. The highest BCUT2D eigenvalue weighted by Crippen LogP contribution is 2.35. The third-order valence-corrected chi connectivity index (χ3v) is 5.70. The Morgan fingerprint density at radius 2 is 1.61 bits per heavy atom. The molecule has 0 bridgehead atoms. The van der Waals surface area contributed by atoms with E-state index in [1.165, 1.54) is 6.33 Å². The van der Waals surface area contributed by atoms with Gasteiger partial charge in [-0.15, -0.1) is 0 Å². The molecule has 0 saturated carbocycles. The minimum Gasteiger partial charge on any atom is -0.321 e. The first kappa shape index (κ1) is 24.3. The van der Waals surface area contributed by atoms with Crippen LogP contribution in [0, 0.1) is 17.0 Å². The maximum atomic E-state index is 13.3. The molecular weight excluding hydrogens is 456 g/mol. The number of rotatable bonds is 9. The van der Waals surface area contributed by atoms with Crippen LogP contribution < -0.4 is 15.8 Å². The second-order valence-corrected chi connectivity index (χ2v) is 8.10. The maximum absolute atomic E-state index is 13.3. The van der Waals surface area contributed by atoms with E-state index in [1.54, 1.807) is 4.90 Å². The fourth-order valence-electron chi connectivity index (χ4n) is 4.06. The summed E-state index contributed by atoms with van der Waals surface area (Å²) in [5.74, 6) is -0.987. The molecule has 4 rings (SSSR count). The lowest BCUT2D eigenvalue weighted by Gasteiger charge is -2.23. The first-order valence-electron chi connectivity index (χ1n) is 11.5. The number of benzene rings is 3. The van der Waals surface area contributed by atoms with E-state index in [4.69, 9.17) is 0 Å². The second kappa shape index (κ2) is 11.1. The molecule has 2 N–H and O–H groups in total. The molecule has 36 heavy (non-hydrogen) atoms. The van der Waals surface area contributed by atoms with Crippen molar-refractivity contribution in [3.05, 3.63) is 118 Å². The summed E-state index contributed by atoms with van der Waals surface area (Å²) < 4.78 is 0. The Morgan fingerprint density at radius 3 is 2.17 bits per heavy atom. The van der Waals surface area contributed by atoms with E-state index in [2.05, 4.69) is 20.8 Å². The summed E-state index contributed by atoms with van der Waals surface area (Å²) in [4.78, 5) is 34.9. The van der Waals surface area contributed by atoms with Crippen molar-refractivity contribution in [2.24, 2.45) is 0 Å². The molecule has 0 saturated heterocycles. The third-order valence-electron chi connectivity index (χ3n) is 5.70. The molecule has 9 nitrogen and oxygen atoms in total. The molecule has 0 spiro atoms. The van der Waals surface area contributed by atoms with Gasteiger partial charge in [-0.1, -0.05) is 72.8 Å². The molecule has 182 valence electrons. The van der Waals surface area contributed by atoms with Gasteiger partial charge in [0.1, 0.15) is 6.33 Å².